The summed E-state index contributed by atoms with van der Waals surface area (Å²) >= 11 is 0. The van der Waals surface area contributed by atoms with Gasteiger partial charge in [0.05, 0.1) is 6.61 Å². The van der Waals surface area contributed by atoms with Crippen molar-refractivity contribution in [3.05, 3.63) is 146 Å². The lowest BCUT2D eigenvalue weighted by atomic mass is 10.1. The van der Waals surface area contributed by atoms with Crippen LogP contribution in [0.3, 0.4) is 0 Å². The molecule has 0 rings (SSSR count). The maximum Gasteiger partial charge on any atom is 0.306 e. The summed E-state index contributed by atoms with van der Waals surface area (Å²) in [6, 6.07) is 0. The molecular formula is C59H92O5. The molecule has 1 N–H and O–H groups in total. The topological polar surface area (TPSA) is 72.8 Å². The number of carbonyl (C=O) groups is 2. The number of carbonyl (C=O) groups excluding carboxylic acids is 2. The van der Waals surface area contributed by atoms with Gasteiger partial charge in [0, 0.05) is 12.8 Å². The van der Waals surface area contributed by atoms with Crippen LogP contribution in [-0.2, 0) is 19.1 Å². The molecule has 1 unspecified atom stereocenters. The van der Waals surface area contributed by atoms with Gasteiger partial charge in [-0.2, -0.15) is 0 Å². The van der Waals surface area contributed by atoms with E-state index < -0.39 is 6.10 Å². The zero-order valence-corrected chi connectivity index (χ0v) is 40.7. The van der Waals surface area contributed by atoms with E-state index >= 15 is 0 Å². The smallest absolute Gasteiger partial charge is 0.306 e. The van der Waals surface area contributed by atoms with E-state index in [1.54, 1.807) is 0 Å². The van der Waals surface area contributed by atoms with Gasteiger partial charge >= 0.3 is 11.9 Å². The molecule has 0 saturated carbocycles. The monoisotopic (exact) mass is 881 g/mol. The van der Waals surface area contributed by atoms with E-state index in [1.165, 1.54) is 32.1 Å². The maximum absolute atomic E-state index is 12.3. The summed E-state index contributed by atoms with van der Waals surface area (Å²) in [7, 11) is 0. The summed E-state index contributed by atoms with van der Waals surface area (Å²) in [6.45, 7) is 3.95. The van der Waals surface area contributed by atoms with Gasteiger partial charge in [-0.1, -0.05) is 205 Å². The highest BCUT2D eigenvalue weighted by Gasteiger charge is 2.16. The molecule has 5 nitrogen and oxygen atoms in total. The Morgan fingerprint density at radius 1 is 0.375 bits per heavy atom. The molecule has 0 aromatic heterocycles. The Balaban J connectivity index is 3.70. The van der Waals surface area contributed by atoms with Crippen LogP contribution in [0.25, 0.3) is 0 Å². The second kappa shape index (κ2) is 53.1. The number of hydrogen-bond donors (Lipinski definition) is 1. The van der Waals surface area contributed by atoms with Crippen molar-refractivity contribution in [2.75, 3.05) is 13.2 Å². The number of hydrogen-bond acceptors (Lipinski definition) is 5. The van der Waals surface area contributed by atoms with Crippen molar-refractivity contribution in [3.8, 4) is 0 Å². The van der Waals surface area contributed by atoms with Gasteiger partial charge in [-0.15, -0.1) is 0 Å². The van der Waals surface area contributed by atoms with Crippen LogP contribution < -0.4 is 0 Å². The van der Waals surface area contributed by atoms with Crippen LogP contribution in [0.15, 0.2) is 146 Å². The Morgan fingerprint density at radius 2 is 0.672 bits per heavy atom. The SMILES string of the molecule is CC/C=C\C/C=C\C/C=C\C/C=C\C/C=C\C/C=C\C/C=C\C/C=C\C/C=C\C/C=C\CCCCCCC(=O)OC(CO)COC(=O)CCCCCCC/C=C\C/C=C\CCCCC. The van der Waals surface area contributed by atoms with Gasteiger partial charge < -0.3 is 14.6 Å². The second-order valence-corrected chi connectivity index (χ2v) is 16.2. The predicted octanol–water partition coefficient (Wildman–Crippen LogP) is 17.1. The van der Waals surface area contributed by atoms with E-state index in [0.29, 0.717) is 12.8 Å². The molecule has 0 radical (unpaired) electrons. The normalized spacial score (nSPS) is 13.5. The summed E-state index contributed by atoms with van der Waals surface area (Å²) in [5, 5.41) is 9.60. The number of rotatable bonds is 44. The van der Waals surface area contributed by atoms with Crippen molar-refractivity contribution in [3.63, 3.8) is 0 Å². The highest BCUT2D eigenvalue weighted by atomic mass is 16.6. The molecule has 0 aliphatic heterocycles. The van der Waals surface area contributed by atoms with Gasteiger partial charge in [0.2, 0.25) is 0 Å². The van der Waals surface area contributed by atoms with E-state index in [4.69, 9.17) is 9.47 Å². The minimum absolute atomic E-state index is 0.0933. The van der Waals surface area contributed by atoms with Gasteiger partial charge in [-0.3, -0.25) is 9.59 Å². The first-order chi connectivity index (χ1) is 31.6. The number of ether oxygens (including phenoxy) is 2. The summed E-state index contributed by atoms with van der Waals surface area (Å²) in [4.78, 5) is 24.4. The Hall–Kier alpha value is -4.22. The van der Waals surface area contributed by atoms with Crippen molar-refractivity contribution >= 4 is 11.9 Å². The van der Waals surface area contributed by atoms with Crippen molar-refractivity contribution < 1.29 is 24.2 Å². The van der Waals surface area contributed by atoms with Crippen molar-refractivity contribution in [2.24, 2.45) is 0 Å². The molecule has 5 heteroatoms. The maximum atomic E-state index is 12.3. The molecule has 0 aromatic rings. The third kappa shape index (κ3) is 50.4. The highest BCUT2D eigenvalue weighted by Crippen LogP contribution is 2.11. The van der Waals surface area contributed by atoms with E-state index in [2.05, 4.69) is 160 Å². The van der Waals surface area contributed by atoms with Crippen molar-refractivity contribution in [1.82, 2.24) is 0 Å². The molecule has 0 fully saturated rings. The van der Waals surface area contributed by atoms with Gasteiger partial charge in [-0.25, -0.2) is 0 Å². The summed E-state index contributed by atoms with van der Waals surface area (Å²) in [5.74, 6) is -0.649. The summed E-state index contributed by atoms with van der Waals surface area (Å²) in [5.41, 5.74) is 0. The average molecular weight is 881 g/mol. The van der Waals surface area contributed by atoms with Crippen LogP contribution in [-0.4, -0.2) is 36.4 Å². The molecule has 358 valence electrons. The fourth-order valence-corrected chi connectivity index (χ4v) is 6.32. The van der Waals surface area contributed by atoms with Crippen molar-refractivity contribution in [2.45, 2.75) is 200 Å². The highest BCUT2D eigenvalue weighted by molar-refractivity contribution is 5.70. The van der Waals surface area contributed by atoms with E-state index in [1.807, 2.05) is 0 Å². The summed E-state index contributed by atoms with van der Waals surface area (Å²) < 4.78 is 10.6. The van der Waals surface area contributed by atoms with Crippen molar-refractivity contribution in [1.29, 1.82) is 0 Å². The molecule has 0 amide bonds. The Labute approximate surface area is 393 Å². The number of unbranched alkanes of at least 4 members (excludes halogenated alkanes) is 12. The quantitative estimate of drug-likeness (QED) is 0.0375. The lowest BCUT2D eigenvalue weighted by Gasteiger charge is -2.15. The minimum atomic E-state index is -0.802. The van der Waals surface area contributed by atoms with Gasteiger partial charge in [0.15, 0.2) is 6.10 Å². The third-order valence-corrected chi connectivity index (χ3v) is 10.1. The van der Waals surface area contributed by atoms with Crippen LogP contribution in [0.4, 0.5) is 0 Å². The third-order valence-electron chi connectivity index (χ3n) is 10.1. The predicted molar refractivity (Wildman–Crippen MR) is 278 cm³/mol. The lowest BCUT2D eigenvalue weighted by molar-refractivity contribution is -0.161. The minimum Gasteiger partial charge on any atom is -0.462 e. The number of allylic oxidation sites excluding steroid dienone is 24. The fraction of sp³-hybridized carbons (Fsp3) is 0.559. The number of aliphatic hydroxyl groups is 1. The van der Waals surface area contributed by atoms with Gasteiger partial charge in [0.1, 0.15) is 6.61 Å². The average Bonchev–Trinajstić information content (AvgIpc) is 3.30. The molecule has 0 saturated heterocycles. The first-order valence-corrected chi connectivity index (χ1v) is 25.4. The fourth-order valence-electron chi connectivity index (χ4n) is 6.32. The molecule has 64 heavy (non-hydrogen) atoms. The molecule has 0 aliphatic carbocycles. The Kier molecular flexibility index (Phi) is 49.6. The molecule has 0 spiro atoms. The van der Waals surface area contributed by atoms with Gasteiger partial charge in [-0.05, 0) is 122 Å². The lowest BCUT2D eigenvalue weighted by Crippen LogP contribution is -2.28. The largest absolute Gasteiger partial charge is 0.462 e. The Morgan fingerprint density at radius 3 is 1.02 bits per heavy atom. The first-order valence-electron chi connectivity index (χ1n) is 25.4. The standard InChI is InChI=1S/C59H92O5/c1-3-5-7-9-11-13-15-17-19-20-21-22-23-24-25-26-27-28-29-30-31-32-33-34-35-36-37-38-40-42-44-46-48-50-52-54-59(62)64-57(55-60)56-63-58(61)53-51-49-47-45-43-41-39-18-16-14-12-10-8-6-4-2/h5,7,11-14,17-19,21-22,24-25,27-28,30-31,33-34,36-37,39-40,42,57,60H,3-4,6,8-10,15-16,20,23,26,29,32,35,38,41,43-56H2,1-2H3/b7-5-,13-11-,14-12-,19-17-,22-21-,25-24-,28-27-,31-30-,34-33-,37-36-,39-18-,42-40-. The summed E-state index contributed by atoms with van der Waals surface area (Å²) in [6.07, 6.45) is 80.8. The molecule has 1 atom stereocenters. The van der Waals surface area contributed by atoms with Crippen LogP contribution in [0.1, 0.15) is 194 Å². The van der Waals surface area contributed by atoms with Crippen LogP contribution in [0.2, 0.25) is 0 Å². The van der Waals surface area contributed by atoms with E-state index in [0.717, 1.165) is 135 Å². The number of esters is 2. The van der Waals surface area contributed by atoms with Crippen LogP contribution in [0.5, 0.6) is 0 Å². The zero-order valence-electron chi connectivity index (χ0n) is 40.7. The molecular weight excluding hydrogens is 789 g/mol. The molecule has 0 aliphatic rings. The molecule has 0 bridgehead atoms. The van der Waals surface area contributed by atoms with E-state index in [-0.39, 0.29) is 25.2 Å². The molecule has 0 heterocycles. The zero-order chi connectivity index (χ0) is 46.3. The second-order valence-electron chi connectivity index (χ2n) is 16.2. The van der Waals surface area contributed by atoms with Crippen LogP contribution >= 0.6 is 0 Å². The van der Waals surface area contributed by atoms with Crippen LogP contribution in [0, 0.1) is 0 Å². The Bertz CT molecular complexity index is 1410. The molecule has 0 aromatic carbocycles. The van der Waals surface area contributed by atoms with E-state index in [9.17, 15) is 14.7 Å². The number of aliphatic hydroxyl groups excluding tert-OH is 1. The van der Waals surface area contributed by atoms with Gasteiger partial charge in [0.25, 0.3) is 0 Å². The first kappa shape index (κ1) is 59.8.